The number of H-pyrrole nitrogens is 1. The summed E-state index contributed by atoms with van der Waals surface area (Å²) in [4.78, 5) is 27.7. The lowest BCUT2D eigenvalue weighted by Gasteiger charge is -2.17. The number of carboxylic acids is 1. The van der Waals surface area contributed by atoms with Crippen LogP contribution in [0.3, 0.4) is 0 Å². The van der Waals surface area contributed by atoms with E-state index in [0.29, 0.717) is 5.75 Å². The topological polar surface area (TPSA) is 82.6 Å². The third-order valence-electron chi connectivity index (χ3n) is 4.11. The van der Waals surface area contributed by atoms with E-state index in [1.54, 1.807) is 12.1 Å². The molecular weight excluding hydrogens is 308 g/mol. The van der Waals surface area contributed by atoms with E-state index in [2.05, 4.69) is 23.7 Å². The summed E-state index contributed by atoms with van der Waals surface area (Å²) >= 11 is 0. The van der Waals surface area contributed by atoms with Gasteiger partial charge < -0.3 is 19.7 Å². The summed E-state index contributed by atoms with van der Waals surface area (Å²) in [6.07, 6.45) is 2.59. The molecule has 130 valence electrons. The Hall–Kier alpha value is -2.34. The fraction of sp³-hybridized carbons (Fsp3) is 0.444. The standard InChI is InChI=1S/C18H24N2O4/c1-3-20(4-2)10-9-13-12-19-16-11-14(5-6-15(13)16)24-18(23)8-7-17(21)22/h5-6,11-12,19H,3-4,7-10H2,1-2H3,(H,21,22). The summed E-state index contributed by atoms with van der Waals surface area (Å²) < 4.78 is 5.18. The lowest BCUT2D eigenvalue weighted by atomic mass is 10.1. The maximum atomic E-state index is 11.6. The molecule has 0 aliphatic carbocycles. The molecule has 2 N–H and O–H groups in total. The molecule has 0 aliphatic heterocycles. The summed E-state index contributed by atoms with van der Waals surface area (Å²) in [5.74, 6) is -1.12. The molecule has 0 saturated carbocycles. The number of benzene rings is 1. The van der Waals surface area contributed by atoms with Crippen LogP contribution in [0.1, 0.15) is 32.3 Å². The van der Waals surface area contributed by atoms with Crippen LogP contribution >= 0.6 is 0 Å². The van der Waals surface area contributed by atoms with Crippen molar-refractivity contribution in [3.63, 3.8) is 0 Å². The van der Waals surface area contributed by atoms with E-state index in [4.69, 9.17) is 9.84 Å². The van der Waals surface area contributed by atoms with Crippen molar-refractivity contribution < 1.29 is 19.4 Å². The summed E-state index contributed by atoms with van der Waals surface area (Å²) in [5, 5.41) is 9.70. The highest BCUT2D eigenvalue weighted by Crippen LogP contribution is 2.24. The number of nitrogens with zero attached hydrogens (tertiary/aromatic N) is 1. The SMILES string of the molecule is CCN(CC)CCc1c[nH]c2cc(OC(=O)CCC(=O)O)ccc12. The highest BCUT2D eigenvalue weighted by molar-refractivity contribution is 5.85. The summed E-state index contributed by atoms with van der Waals surface area (Å²) in [7, 11) is 0. The number of hydrogen-bond donors (Lipinski definition) is 2. The molecule has 6 heteroatoms. The van der Waals surface area contributed by atoms with Crippen molar-refractivity contribution in [2.75, 3.05) is 19.6 Å². The van der Waals surface area contributed by atoms with Crippen molar-refractivity contribution in [1.82, 2.24) is 9.88 Å². The maximum absolute atomic E-state index is 11.6. The van der Waals surface area contributed by atoms with Crippen LogP contribution in [0.4, 0.5) is 0 Å². The first-order valence-corrected chi connectivity index (χ1v) is 8.28. The highest BCUT2D eigenvalue weighted by atomic mass is 16.5. The maximum Gasteiger partial charge on any atom is 0.311 e. The zero-order valence-electron chi connectivity index (χ0n) is 14.2. The van der Waals surface area contributed by atoms with Gasteiger partial charge in [-0.1, -0.05) is 13.8 Å². The fourth-order valence-corrected chi connectivity index (χ4v) is 2.65. The van der Waals surface area contributed by atoms with Crippen LogP contribution in [0.25, 0.3) is 10.9 Å². The second kappa shape index (κ2) is 8.49. The van der Waals surface area contributed by atoms with Gasteiger partial charge in [0.15, 0.2) is 0 Å². The number of carbonyl (C=O) groups is 2. The van der Waals surface area contributed by atoms with Gasteiger partial charge in [0.2, 0.25) is 0 Å². The van der Waals surface area contributed by atoms with Gasteiger partial charge in [0.1, 0.15) is 5.75 Å². The lowest BCUT2D eigenvalue weighted by molar-refractivity contribution is -0.142. The molecule has 1 aromatic carbocycles. The van der Waals surface area contributed by atoms with Crippen molar-refractivity contribution in [2.24, 2.45) is 0 Å². The number of rotatable bonds is 9. The molecule has 24 heavy (non-hydrogen) atoms. The zero-order chi connectivity index (χ0) is 17.5. The largest absolute Gasteiger partial charge is 0.481 e. The Morgan fingerprint density at radius 1 is 1.21 bits per heavy atom. The molecule has 0 aliphatic rings. The van der Waals surface area contributed by atoms with Gasteiger partial charge in [0, 0.05) is 29.7 Å². The molecule has 0 spiro atoms. The molecular formula is C18H24N2O4. The van der Waals surface area contributed by atoms with E-state index in [-0.39, 0.29) is 12.8 Å². The first-order chi connectivity index (χ1) is 11.5. The quantitative estimate of drug-likeness (QED) is 0.545. The van der Waals surface area contributed by atoms with Gasteiger partial charge in [-0.15, -0.1) is 0 Å². The van der Waals surface area contributed by atoms with Crippen LogP contribution < -0.4 is 4.74 Å². The Balaban J connectivity index is 2.02. The van der Waals surface area contributed by atoms with Crippen molar-refractivity contribution in [3.8, 4) is 5.75 Å². The smallest absolute Gasteiger partial charge is 0.311 e. The van der Waals surface area contributed by atoms with Crippen LogP contribution in [-0.4, -0.2) is 46.6 Å². The number of hydrogen-bond acceptors (Lipinski definition) is 4. The number of aliphatic carboxylic acids is 1. The number of esters is 1. The minimum atomic E-state index is -1.01. The predicted octanol–water partition coefficient (Wildman–Crippen LogP) is 2.82. The van der Waals surface area contributed by atoms with Crippen molar-refractivity contribution in [3.05, 3.63) is 30.0 Å². The minimum absolute atomic E-state index is 0.132. The number of likely N-dealkylation sites (N-methyl/N-ethyl adjacent to an activating group) is 1. The molecule has 0 radical (unpaired) electrons. The molecule has 1 heterocycles. The second-order valence-corrected chi connectivity index (χ2v) is 5.67. The molecule has 0 amide bonds. The van der Waals surface area contributed by atoms with Crippen LogP contribution in [0.5, 0.6) is 5.75 Å². The van der Waals surface area contributed by atoms with Gasteiger partial charge in [0.05, 0.1) is 12.8 Å². The Kier molecular flexibility index (Phi) is 6.37. The van der Waals surface area contributed by atoms with Crippen molar-refractivity contribution in [2.45, 2.75) is 33.1 Å². The van der Waals surface area contributed by atoms with Crippen molar-refractivity contribution >= 4 is 22.8 Å². The number of carbonyl (C=O) groups excluding carboxylic acids is 1. The number of fused-ring (bicyclic) bond motifs is 1. The summed E-state index contributed by atoms with van der Waals surface area (Å²) in [6.45, 7) is 7.39. The van der Waals surface area contributed by atoms with Gasteiger partial charge in [-0.05, 0) is 37.2 Å². The van der Waals surface area contributed by atoms with Gasteiger partial charge in [-0.2, -0.15) is 0 Å². The van der Waals surface area contributed by atoms with Gasteiger partial charge in [0.25, 0.3) is 0 Å². The molecule has 0 atom stereocenters. The number of nitrogens with one attached hydrogen (secondary N) is 1. The number of carboxylic acid groups (broad SMARTS) is 1. The zero-order valence-corrected chi connectivity index (χ0v) is 14.2. The van der Waals surface area contributed by atoms with Crippen LogP contribution in [-0.2, 0) is 16.0 Å². The average Bonchev–Trinajstić information content (AvgIpc) is 2.96. The molecule has 2 aromatic rings. The van der Waals surface area contributed by atoms with Crippen LogP contribution in [0.2, 0.25) is 0 Å². The van der Waals surface area contributed by atoms with Crippen molar-refractivity contribution in [1.29, 1.82) is 0 Å². The van der Waals surface area contributed by atoms with E-state index < -0.39 is 11.9 Å². The third kappa shape index (κ3) is 4.83. The van der Waals surface area contributed by atoms with E-state index in [1.807, 2.05) is 12.3 Å². The Morgan fingerprint density at radius 3 is 2.62 bits per heavy atom. The number of ether oxygens (including phenoxy) is 1. The number of aromatic nitrogens is 1. The third-order valence-corrected chi connectivity index (χ3v) is 4.11. The highest BCUT2D eigenvalue weighted by Gasteiger charge is 2.10. The van der Waals surface area contributed by atoms with E-state index in [1.165, 1.54) is 5.56 Å². The Bertz CT molecular complexity index is 704. The molecule has 2 rings (SSSR count). The fourth-order valence-electron chi connectivity index (χ4n) is 2.65. The van der Waals surface area contributed by atoms with Gasteiger partial charge >= 0.3 is 11.9 Å². The van der Waals surface area contributed by atoms with Crippen LogP contribution in [0, 0.1) is 0 Å². The minimum Gasteiger partial charge on any atom is -0.481 e. The molecule has 0 unspecified atom stereocenters. The lowest BCUT2D eigenvalue weighted by Crippen LogP contribution is -2.25. The molecule has 0 saturated heterocycles. The van der Waals surface area contributed by atoms with E-state index in [9.17, 15) is 9.59 Å². The summed E-state index contributed by atoms with van der Waals surface area (Å²) in [5.41, 5.74) is 2.15. The Morgan fingerprint density at radius 2 is 1.96 bits per heavy atom. The molecule has 0 fully saturated rings. The van der Waals surface area contributed by atoms with Gasteiger partial charge in [-0.25, -0.2) is 0 Å². The molecule has 6 nitrogen and oxygen atoms in total. The Labute approximate surface area is 141 Å². The van der Waals surface area contributed by atoms with E-state index >= 15 is 0 Å². The monoisotopic (exact) mass is 332 g/mol. The first kappa shape index (κ1) is 18.0. The molecule has 0 bridgehead atoms. The summed E-state index contributed by atoms with van der Waals surface area (Å²) in [6, 6.07) is 5.45. The van der Waals surface area contributed by atoms with E-state index in [0.717, 1.165) is 37.0 Å². The predicted molar refractivity (Wildman–Crippen MR) is 92.3 cm³/mol. The second-order valence-electron chi connectivity index (χ2n) is 5.67. The first-order valence-electron chi connectivity index (χ1n) is 8.28. The number of aromatic amines is 1. The average molecular weight is 332 g/mol. The normalized spacial score (nSPS) is 11.1. The van der Waals surface area contributed by atoms with Crippen LogP contribution in [0.15, 0.2) is 24.4 Å². The molecule has 1 aromatic heterocycles. The van der Waals surface area contributed by atoms with Gasteiger partial charge in [-0.3, -0.25) is 9.59 Å².